The number of carbonyl (C=O) groups excluding carboxylic acids is 2. The summed E-state index contributed by atoms with van der Waals surface area (Å²) in [6.45, 7) is 6.35. The van der Waals surface area contributed by atoms with Gasteiger partial charge in [-0.2, -0.15) is 4.31 Å². The molecule has 0 atom stereocenters. The fraction of sp³-hybridized carbons (Fsp3) is 0.600. The van der Waals surface area contributed by atoms with Crippen LogP contribution in [0.2, 0.25) is 0 Å². The van der Waals surface area contributed by atoms with E-state index < -0.39 is 10.0 Å². The normalized spacial score (nSPS) is 18.6. The van der Waals surface area contributed by atoms with Crippen molar-refractivity contribution in [3.05, 3.63) is 28.8 Å². The van der Waals surface area contributed by atoms with Gasteiger partial charge < -0.3 is 9.64 Å². The average Bonchev–Trinajstić information content (AvgIpc) is 2.57. The van der Waals surface area contributed by atoms with Crippen molar-refractivity contribution in [2.45, 2.75) is 44.9 Å². The van der Waals surface area contributed by atoms with Crippen LogP contribution in [0.15, 0.2) is 17.0 Å². The Morgan fingerprint density at radius 1 is 1.04 bits per heavy atom. The number of hydrogen-bond donors (Lipinski definition) is 0. The summed E-state index contributed by atoms with van der Waals surface area (Å²) in [5.74, 6) is -0.630. The van der Waals surface area contributed by atoms with Crippen molar-refractivity contribution in [1.29, 1.82) is 0 Å². The molecule has 0 unspecified atom stereocenters. The molecule has 0 spiro atoms. The molecular weight excluding hydrogens is 380 g/mol. The third-order valence-corrected chi connectivity index (χ3v) is 7.78. The van der Waals surface area contributed by atoms with Gasteiger partial charge in [-0.1, -0.05) is 24.1 Å². The lowest BCUT2D eigenvalue weighted by Crippen LogP contribution is -2.51. The maximum atomic E-state index is 13.1. The maximum Gasteiger partial charge on any atom is 0.309 e. The van der Waals surface area contributed by atoms with Crippen molar-refractivity contribution in [3.8, 4) is 0 Å². The molecule has 1 amide bonds. The second-order valence-electron chi connectivity index (χ2n) is 7.75. The lowest BCUT2D eigenvalue weighted by atomic mass is 9.86. The quantitative estimate of drug-likeness (QED) is 0.694. The monoisotopic (exact) mass is 408 g/mol. The van der Waals surface area contributed by atoms with Crippen LogP contribution in [0.4, 0.5) is 0 Å². The summed E-state index contributed by atoms with van der Waals surface area (Å²) >= 11 is 0. The number of aryl methyl sites for hydroxylation is 3. The molecule has 28 heavy (non-hydrogen) atoms. The maximum absolute atomic E-state index is 13.1. The molecule has 1 aromatic rings. The fourth-order valence-corrected chi connectivity index (χ4v) is 5.70. The molecule has 1 aliphatic heterocycles. The molecule has 2 fully saturated rings. The van der Waals surface area contributed by atoms with Crippen LogP contribution in [0, 0.1) is 26.7 Å². The van der Waals surface area contributed by atoms with Gasteiger partial charge in [0.15, 0.2) is 6.61 Å². The Kier molecular flexibility index (Phi) is 6.09. The number of piperazine rings is 1. The van der Waals surface area contributed by atoms with E-state index in [1.54, 1.807) is 4.90 Å². The minimum Gasteiger partial charge on any atom is -0.455 e. The Labute approximate surface area is 166 Å². The van der Waals surface area contributed by atoms with Crippen LogP contribution in [0.25, 0.3) is 0 Å². The summed E-state index contributed by atoms with van der Waals surface area (Å²) in [4.78, 5) is 26.0. The molecule has 3 rings (SSSR count). The topological polar surface area (TPSA) is 84.0 Å². The van der Waals surface area contributed by atoms with Gasteiger partial charge in [0.25, 0.3) is 5.91 Å². The molecule has 1 saturated heterocycles. The Balaban J connectivity index is 1.58. The first-order valence-electron chi connectivity index (χ1n) is 9.72. The SMILES string of the molecule is Cc1cc(C)c(S(=O)(=O)N2CCN(C(=O)COC(=O)C3CCC3)CC2)c(C)c1. The van der Waals surface area contributed by atoms with Gasteiger partial charge >= 0.3 is 5.97 Å². The Hall–Kier alpha value is -1.93. The van der Waals surface area contributed by atoms with E-state index in [9.17, 15) is 18.0 Å². The van der Waals surface area contributed by atoms with Gasteiger partial charge in [-0.05, 0) is 44.7 Å². The van der Waals surface area contributed by atoms with Gasteiger partial charge in [0, 0.05) is 26.2 Å². The third-order valence-electron chi connectivity index (χ3n) is 5.57. The Bertz CT molecular complexity index is 846. The van der Waals surface area contributed by atoms with Gasteiger partial charge in [0.1, 0.15) is 0 Å². The summed E-state index contributed by atoms with van der Waals surface area (Å²) < 4.78 is 32.7. The highest BCUT2D eigenvalue weighted by Crippen LogP contribution is 2.28. The van der Waals surface area contributed by atoms with E-state index in [0.29, 0.717) is 18.0 Å². The first-order chi connectivity index (χ1) is 13.2. The summed E-state index contributed by atoms with van der Waals surface area (Å²) in [6.07, 6.45) is 2.70. The van der Waals surface area contributed by atoms with Gasteiger partial charge in [-0.3, -0.25) is 9.59 Å². The largest absolute Gasteiger partial charge is 0.455 e. The average molecular weight is 409 g/mol. The highest BCUT2D eigenvalue weighted by atomic mass is 32.2. The number of carbonyl (C=O) groups is 2. The predicted molar refractivity (Wildman–Crippen MR) is 104 cm³/mol. The molecule has 1 aliphatic carbocycles. The first-order valence-corrected chi connectivity index (χ1v) is 11.2. The number of ether oxygens (including phenoxy) is 1. The molecule has 0 bridgehead atoms. The Morgan fingerprint density at radius 3 is 2.11 bits per heavy atom. The molecule has 1 heterocycles. The molecule has 154 valence electrons. The molecule has 2 aliphatic rings. The minimum atomic E-state index is -3.61. The van der Waals surface area contributed by atoms with Crippen molar-refractivity contribution >= 4 is 21.9 Å². The number of amides is 1. The molecule has 0 aromatic heterocycles. The number of esters is 1. The number of rotatable bonds is 5. The molecule has 7 nitrogen and oxygen atoms in total. The summed E-state index contributed by atoms with van der Waals surface area (Å²) in [5.41, 5.74) is 2.50. The molecule has 8 heteroatoms. The fourth-order valence-electron chi connectivity index (χ4n) is 3.87. The first kappa shape index (κ1) is 20.8. The van der Waals surface area contributed by atoms with E-state index in [2.05, 4.69) is 0 Å². The van der Waals surface area contributed by atoms with Gasteiger partial charge in [0.2, 0.25) is 10.0 Å². The zero-order chi connectivity index (χ0) is 20.5. The number of nitrogens with zero attached hydrogens (tertiary/aromatic N) is 2. The van der Waals surface area contributed by atoms with Crippen LogP contribution in [0.1, 0.15) is 36.0 Å². The smallest absolute Gasteiger partial charge is 0.309 e. The van der Waals surface area contributed by atoms with E-state index >= 15 is 0 Å². The van der Waals surface area contributed by atoms with Gasteiger partial charge in [-0.15, -0.1) is 0 Å². The van der Waals surface area contributed by atoms with E-state index in [4.69, 9.17) is 4.74 Å². The van der Waals surface area contributed by atoms with E-state index in [1.807, 2.05) is 32.9 Å². The van der Waals surface area contributed by atoms with Crippen LogP contribution in [-0.4, -0.2) is 62.3 Å². The van der Waals surface area contributed by atoms with Crippen LogP contribution < -0.4 is 0 Å². The highest BCUT2D eigenvalue weighted by molar-refractivity contribution is 7.89. The third kappa shape index (κ3) is 4.22. The number of sulfonamides is 1. The van der Waals surface area contributed by atoms with E-state index in [-0.39, 0.29) is 37.5 Å². The van der Waals surface area contributed by atoms with Crippen molar-refractivity contribution < 1.29 is 22.7 Å². The van der Waals surface area contributed by atoms with Crippen molar-refractivity contribution in [1.82, 2.24) is 9.21 Å². The van der Waals surface area contributed by atoms with Gasteiger partial charge in [0.05, 0.1) is 10.8 Å². The zero-order valence-corrected chi connectivity index (χ0v) is 17.5. The lowest BCUT2D eigenvalue weighted by Gasteiger charge is -2.34. The lowest BCUT2D eigenvalue weighted by molar-refractivity contribution is -0.158. The van der Waals surface area contributed by atoms with Crippen molar-refractivity contribution in [3.63, 3.8) is 0 Å². The molecule has 0 N–H and O–H groups in total. The Morgan fingerprint density at radius 2 is 1.61 bits per heavy atom. The molecule has 0 radical (unpaired) electrons. The highest BCUT2D eigenvalue weighted by Gasteiger charge is 2.33. The molecular formula is C20H28N2O5S. The van der Waals surface area contributed by atoms with Crippen molar-refractivity contribution in [2.75, 3.05) is 32.8 Å². The second kappa shape index (κ2) is 8.21. The number of benzene rings is 1. The standard InChI is InChI=1S/C20H28N2O5S/c1-14-11-15(2)19(16(3)12-14)28(25,26)22-9-7-21(8-10-22)18(23)13-27-20(24)17-5-4-6-17/h11-12,17H,4-10,13H2,1-3H3. The predicted octanol–water partition coefficient (Wildman–Crippen LogP) is 1.79. The molecule has 1 saturated carbocycles. The van der Waals surface area contributed by atoms with Crippen LogP contribution in [0.3, 0.4) is 0 Å². The van der Waals surface area contributed by atoms with E-state index in [0.717, 1.165) is 36.0 Å². The summed E-state index contributed by atoms with van der Waals surface area (Å²) in [6, 6.07) is 3.74. The molecule has 1 aromatic carbocycles. The second-order valence-corrected chi connectivity index (χ2v) is 9.62. The van der Waals surface area contributed by atoms with Crippen LogP contribution in [0.5, 0.6) is 0 Å². The van der Waals surface area contributed by atoms with Crippen LogP contribution in [-0.2, 0) is 24.3 Å². The summed E-state index contributed by atoms with van der Waals surface area (Å²) in [7, 11) is -3.61. The summed E-state index contributed by atoms with van der Waals surface area (Å²) in [5, 5.41) is 0. The van der Waals surface area contributed by atoms with Gasteiger partial charge in [-0.25, -0.2) is 8.42 Å². The van der Waals surface area contributed by atoms with Crippen LogP contribution >= 0.6 is 0 Å². The van der Waals surface area contributed by atoms with E-state index in [1.165, 1.54) is 4.31 Å². The number of hydrogen-bond acceptors (Lipinski definition) is 5. The zero-order valence-electron chi connectivity index (χ0n) is 16.7. The minimum absolute atomic E-state index is 0.0595. The van der Waals surface area contributed by atoms with Crippen molar-refractivity contribution in [2.24, 2.45) is 5.92 Å².